The van der Waals surface area contributed by atoms with Crippen molar-refractivity contribution in [1.29, 1.82) is 0 Å². The minimum atomic E-state index is -0.490. The van der Waals surface area contributed by atoms with E-state index in [1.807, 2.05) is 0 Å². The van der Waals surface area contributed by atoms with Crippen LogP contribution < -0.4 is 5.73 Å². The summed E-state index contributed by atoms with van der Waals surface area (Å²) in [4.78, 5) is 4.62. The molecule has 1 unspecified atom stereocenters. The molecule has 5 heteroatoms. The standard InChI is InChI=1S/C15H23F2N3/c1-11(2)20-7-5-19(6-8-20)10-15(18)13-9-12(16)3-4-14(13)17/h3-4,9,11,15H,5-8,10,18H2,1-2H3. The Bertz CT molecular complexity index is 443. The Balaban J connectivity index is 1.92. The van der Waals surface area contributed by atoms with Crippen molar-refractivity contribution < 1.29 is 8.78 Å². The van der Waals surface area contributed by atoms with Crippen molar-refractivity contribution in [3.63, 3.8) is 0 Å². The lowest BCUT2D eigenvalue weighted by atomic mass is 10.1. The fourth-order valence-corrected chi connectivity index (χ4v) is 2.64. The highest BCUT2D eigenvalue weighted by atomic mass is 19.1. The monoisotopic (exact) mass is 283 g/mol. The van der Waals surface area contributed by atoms with Gasteiger partial charge in [0, 0.05) is 50.4 Å². The highest BCUT2D eigenvalue weighted by molar-refractivity contribution is 5.22. The first-order chi connectivity index (χ1) is 9.47. The van der Waals surface area contributed by atoms with Crippen molar-refractivity contribution in [3.8, 4) is 0 Å². The van der Waals surface area contributed by atoms with Gasteiger partial charge in [-0.25, -0.2) is 8.78 Å². The van der Waals surface area contributed by atoms with E-state index in [1.165, 1.54) is 6.07 Å². The molecule has 1 aliphatic rings. The van der Waals surface area contributed by atoms with E-state index in [-0.39, 0.29) is 5.56 Å². The topological polar surface area (TPSA) is 32.5 Å². The Morgan fingerprint density at radius 2 is 1.80 bits per heavy atom. The molecule has 0 aliphatic carbocycles. The van der Waals surface area contributed by atoms with Gasteiger partial charge in [-0.3, -0.25) is 9.80 Å². The van der Waals surface area contributed by atoms with Crippen LogP contribution in [0.25, 0.3) is 0 Å². The van der Waals surface area contributed by atoms with E-state index < -0.39 is 17.7 Å². The Morgan fingerprint density at radius 1 is 1.15 bits per heavy atom. The van der Waals surface area contributed by atoms with Crippen LogP contribution in [0.3, 0.4) is 0 Å². The Labute approximate surface area is 119 Å². The number of halogens is 2. The Hall–Kier alpha value is -1.04. The zero-order valence-corrected chi connectivity index (χ0v) is 12.1. The molecule has 0 amide bonds. The molecule has 1 fully saturated rings. The summed E-state index contributed by atoms with van der Waals surface area (Å²) in [6.45, 7) is 8.76. The third kappa shape index (κ3) is 3.75. The number of piperazine rings is 1. The fourth-order valence-electron chi connectivity index (χ4n) is 2.64. The van der Waals surface area contributed by atoms with Gasteiger partial charge in [0.15, 0.2) is 0 Å². The predicted molar refractivity (Wildman–Crippen MR) is 76.4 cm³/mol. The minimum absolute atomic E-state index is 0.260. The first-order valence-electron chi connectivity index (χ1n) is 7.14. The van der Waals surface area contributed by atoms with Gasteiger partial charge >= 0.3 is 0 Å². The molecular formula is C15H23F2N3. The molecule has 0 saturated carbocycles. The van der Waals surface area contributed by atoms with E-state index in [0.29, 0.717) is 12.6 Å². The number of nitrogens with two attached hydrogens (primary N) is 1. The molecule has 1 atom stereocenters. The van der Waals surface area contributed by atoms with Crippen LogP contribution in [0.15, 0.2) is 18.2 Å². The largest absolute Gasteiger partial charge is 0.323 e. The molecule has 1 aromatic carbocycles. The summed E-state index contributed by atoms with van der Waals surface area (Å²) in [7, 11) is 0. The average molecular weight is 283 g/mol. The van der Waals surface area contributed by atoms with Gasteiger partial charge in [0.05, 0.1) is 0 Å². The predicted octanol–water partition coefficient (Wildman–Crippen LogP) is 1.99. The van der Waals surface area contributed by atoms with Crippen LogP contribution in [-0.4, -0.2) is 48.6 Å². The van der Waals surface area contributed by atoms with E-state index in [9.17, 15) is 8.78 Å². The maximum absolute atomic E-state index is 13.7. The number of rotatable bonds is 4. The van der Waals surface area contributed by atoms with Crippen molar-refractivity contribution in [2.45, 2.75) is 25.9 Å². The molecule has 2 N–H and O–H groups in total. The summed E-state index contributed by atoms with van der Waals surface area (Å²) in [5.41, 5.74) is 6.29. The van der Waals surface area contributed by atoms with E-state index in [2.05, 4.69) is 23.6 Å². The van der Waals surface area contributed by atoms with Crippen molar-refractivity contribution >= 4 is 0 Å². The maximum atomic E-state index is 13.7. The lowest BCUT2D eigenvalue weighted by Gasteiger charge is -2.37. The molecule has 20 heavy (non-hydrogen) atoms. The van der Waals surface area contributed by atoms with Crippen LogP contribution >= 0.6 is 0 Å². The van der Waals surface area contributed by atoms with Crippen LogP contribution in [0.4, 0.5) is 8.78 Å². The van der Waals surface area contributed by atoms with Crippen LogP contribution in [0.2, 0.25) is 0 Å². The SMILES string of the molecule is CC(C)N1CCN(CC(N)c2cc(F)ccc2F)CC1. The second kappa shape index (κ2) is 6.61. The zero-order chi connectivity index (χ0) is 14.7. The normalized spacial score (nSPS) is 19.5. The van der Waals surface area contributed by atoms with Crippen LogP contribution in [0.1, 0.15) is 25.5 Å². The minimum Gasteiger partial charge on any atom is -0.323 e. The van der Waals surface area contributed by atoms with Crippen LogP contribution in [-0.2, 0) is 0 Å². The first-order valence-corrected chi connectivity index (χ1v) is 7.14. The summed E-state index contributed by atoms with van der Waals surface area (Å²) in [6, 6.07) is 3.52. The third-order valence-corrected chi connectivity index (χ3v) is 3.95. The summed E-state index contributed by atoms with van der Waals surface area (Å²) < 4.78 is 26.9. The van der Waals surface area contributed by atoms with Crippen molar-refractivity contribution in [3.05, 3.63) is 35.4 Å². The molecule has 0 aromatic heterocycles. The molecule has 1 aromatic rings. The number of benzene rings is 1. The van der Waals surface area contributed by atoms with Crippen molar-refractivity contribution in [2.24, 2.45) is 5.73 Å². The van der Waals surface area contributed by atoms with Crippen molar-refractivity contribution in [1.82, 2.24) is 9.80 Å². The Kier molecular flexibility index (Phi) is 5.07. The van der Waals surface area contributed by atoms with Gasteiger partial charge in [-0.05, 0) is 32.0 Å². The van der Waals surface area contributed by atoms with E-state index >= 15 is 0 Å². The van der Waals surface area contributed by atoms with Gasteiger partial charge in [-0.1, -0.05) is 0 Å². The molecule has 1 aliphatic heterocycles. The molecule has 2 rings (SSSR count). The molecule has 1 heterocycles. The molecule has 1 saturated heterocycles. The highest BCUT2D eigenvalue weighted by Crippen LogP contribution is 2.18. The van der Waals surface area contributed by atoms with Crippen LogP contribution in [0.5, 0.6) is 0 Å². The summed E-state index contributed by atoms with van der Waals surface area (Å²) in [5.74, 6) is -0.874. The second-order valence-corrected chi connectivity index (χ2v) is 5.70. The molecular weight excluding hydrogens is 260 g/mol. The maximum Gasteiger partial charge on any atom is 0.128 e. The molecule has 0 bridgehead atoms. The second-order valence-electron chi connectivity index (χ2n) is 5.70. The summed E-state index contributed by atoms with van der Waals surface area (Å²) >= 11 is 0. The summed E-state index contributed by atoms with van der Waals surface area (Å²) in [6.07, 6.45) is 0. The molecule has 3 nitrogen and oxygen atoms in total. The van der Waals surface area contributed by atoms with Crippen LogP contribution in [0, 0.1) is 11.6 Å². The smallest absolute Gasteiger partial charge is 0.128 e. The first kappa shape index (κ1) is 15.4. The average Bonchev–Trinajstić information content (AvgIpc) is 2.42. The van der Waals surface area contributed by atoms with Gasteiger partial charge in [0.2, 0.25) is 0 Å². The molecule has 0 radical (unpaired) electrons. The molecule has 112 valence electrons. The van der Waals surface area contributed by atoms with Gasteiger partial charge in [-0.15, -0.1) is 0 Å². The summed E-state index contributed by atoms with van der Waals surface area (Å²) in [5, 5.41) is 0. The third-order valence-electron chi connectivity index (χ3n) is 3.95. The number of hydrogen-bond donors (Lipinski definition) is 1. The van der Waals surface area contributed by atoms with Gasteiger partial charge in [-0.2, -0.15) is 0 Å². The number of nitrogens with zero attached hydrogens (tertiary/aromatic N) is 2. The highest BCUT2D eigenvalue weighted by Gasteiger charge is 2.22. The van der Waals surface area contributed by atoms with E-state index in [4.69, 9.17) is 5.73 Å². The lowest BCUT2D eigenvalue weighted by molar-refractivity contribution is 0.104. The fraction of sp³-hybridized carbons (Fsp3) is 0.600. The van der Waals surface area contributed by atoms with Gasteiger partial charge in [0.1, 0.15) is 11.6 Å². The Morgan fingerprint density at radius 3 is 2.40 bits per heavy atom. The zero-order valence-electron chi connectivity index (χ0n) is 12.1. The van der Waals surface area contributed by atoms with Gasteiger partial charge < -0.3 is 5.73 Å². The lowest BCUT2D eigenvalue weighted by Crippen LogP contribution is -2.50. The van der Waals surface area contributed by atoms with E-state index in [1.54, 1.807) is 0 Å². The van der Waals surface area contributed by atoms with Crippen molar-refractivity contribution in [2.75, 3.05) is 32.7 Å². The quantitative estimate of drug-likeness (QED) is 0.917. The van der Waals surface area contributed by atoms with E-state index in [0.717, 1.165) is 38.3 Å². The molecule has 0 spiro atoms. The van der Waals surface area contributed by atoms with Gasteiger partial charge in [0.25, 0.3) is 0 Å². The number of hydrogen-bond acceptors (Lipinski definition) is 3.